The molecule has 21 heavy (non-hydrogen) atoms. The van der Waals surface area contributed by atoms with Gasteiger partial charge in [0.25, 0.3) is 5.91 Å². The molecule has 0 atom stereocenters. The highest BCUT2D eigenvalue weighted by Crippen LogP contribution is 2.29. The summed E-state index contributed by atoms with van der Waals surface area (Å²) in [6.07, 6.45) is 2.00. The maximum atomic E-state index is 12.7. The van der Waals surface area contributed by atoms with Gasteiger partial charge in [0.2, 0.25) is 0 Å². The van der Waals surface area contributed by atoms with E-state index in [1.54, 1.807) is 31.3 Å². The summed E-state index contributed by atoms with van der Waals surface area (Å²) in [4.78, 5) is 14.5. The Bertz CT molecular complexity index is 461. The molecule has 0 spiro atoms. The van der Waals surface area contributed by atoms with Gasteiger partial charge in [0.15, 0.2) is 0 Å². The Morgan fingerprint density at radius 2 is 1.81 bits per heavy atom. The van der Waals surface area contributed by atoms with Crippen LogP contribution in [0.4, 0.5) is 0 Å². The second-order valence-electron chi connectivity index (χ2n) is 5.28. The average Bonchev–Trinajstić information content (AvgIpc) is 2.54. The molecule has 0 unspecified atom stereocenters. The number of amides is 1. The largest absolute Gasteiger partial charge is 0.496 e. The predicted molar refractivity (Wildman–Crippen MR) is 80.0 cm³/mol. The lowest BCUT2D eigenvalue weighted by atomic mass is 9.99. The van der Waals surface area contributed by atoms with E-state index in [0.29, 0.717) is 23.0 Å². The van der Waals surface area contributed by atoms with Crippen molar-refractivity contribution in [3.63, 3.8) is 0 Å². The van der Waals surface area contributed by atoms with Gasteiger partial charge in [0.05, 0.1) is 14.2 Å². The third-order valence-corrected chi connectivity index (χ3v) is 3.86. The minimum atomic E-state index is -0.0733. The van der Waals surface area contributed by atoms with Crippen molar-refractivity contribution < 1.29 is 19.0 Å². The van der Waals surface area contributed by atoms with Crippen molar-refractivity contribution in [3.8, 4) is 11.5 Å². The first-order chi connectivity index (χ1) is 10.2. The fraction of sp³-hybridized carbons (Fsp3) is 0.562. The molecule has 1 fully saturated rings. The number of rotatable bonds is 5. The van der Waals surface area contributed by atoms with Gasteiger partial charge in [-0.05, 0) is 30.9 Å². The molecule has 2 rings (SSSR count). The second-order valence-corrected chi connectivity index (χ2v) is 5.28. The lowest BCUT2D eigenvalue weighted by molar-refractivity contribution is 0.0495. The maximum Gasteiger partial charge on any atom is 0.261 e. The molecule has 5 heteroatoms. The normalized spacial score (nSPS) is 15.6. The Labute approximate surface area is 125 Å². The molecule has 5 nitrogen and oxygen atoms in total. The fourth-order valence-corrected chi connectivity index (χ4v) is 2.65. The lowest BCUT2D eigenvalue weighted by Gasteiger charge is -2.27. The van der Waals surface area contributed by atoms with Crippen LogP contribution >= 0.6 is 0 Å². The van der Waals surface area contributed by atoms with Crippen LogP contribution in [0.25, 0.3) is 0 Å². The minimum absolute atomic E-state index is 0.0733. The predicted octanol–water partition coefficient (Wildman–Crippen LogP) is 2.20. The highest BCUT2D eigenvalue weighted by Gasteiger charge is 2.24. The van der Waals surface area contributed by atoms with Crippen molar-refractivity contribution >= 4 is 5.91 Å². The zero-order valence-electron chi connectivity index (χ0n) is 12.9. The Balaban J connectivity index is 2.14. The van der Waals surface area contributed by atoms with Crippen LogP contribution in [-0.2, 0) is 4.74 Å². The van der Waals surface area contributed by atoms with Crippen LogP contribution in [0, 0.1) is 5.92 Å². The third-order valence-electron chi connectivity index (χ3n) is 3.86. The van der Waals surface area contributed by atoms with Crippen LogP contribution in [0.3, 0.4) is 0 Å². The summed E-state index contributed by atoms with van der Waals surface area (Å²) in [6.45, 7) is 2.29. The van der Waals surface area contributed by atoms with E-state index in [0.717, 1.165) is 32.6 Å². The molecule has 1 aliphatic rings. The van der Waals surface area contributed by atoms with Crippen molar-refractivity contribution in [1.29, 1.82) is 0 Å². The molecule has 116 valence electrons. The van der Waals surface area contributed by atoms with Gasteiger partial charge in [0, 0.05) is 26.8 Å². The number of hydrogen-bond acceptors (Lipinski definition) is 4. The molecule has 1 aromatic carbocycles. The van der Waals surface area contributed by atoms with Gasteiger partial charge < -0.3 is 19.1 Å². The quantitative estimate of drug-likeness (QED) is 0.835. The van der Waals surface area contributed by atoms with E-state index in [9.17, 15) is 4.79 Å². The fourth-order valence-electron chi connectivity index (χ4n) is 2.65. The number of carbonyl (C=O) groups excluding carboxylic acids is 1. The molecule has 0 aromatic heterocycles. The number of carbonyl (C=O) groups is 1. The van der Waals surface area contributed by atoms with E-state index in [2.05, 4.69) is 0 Å². The molecular formula is C16H23NO4. The SMILES string of the molecule is COc1cccc(OC)c1C(=O)N(C)CC1CCOCC1. The van der Waals surface area contributed by atoms with Gasteiger partial charge in [-0.15, -0.1) is 0 Å². The average molecular weight is 293 g/mol. The number of methoxy groups -OCH3 is 2. The van der Waals surface area contributed by atoms with Gasteiger partial charge >= 0.3 is 0 Å². The number of benzene rings is 1. The van der Waals surface area contributed by atoms with E-state index in [4.69, 9.17) is 14.2 Å². The highest BCUT2D eigenvalue weighted by atomic mass is 16.5. The Kier molecular flexibility index (Phi) is 5.44. The first-order valence-corrected chi connectivity index (χ1v) is 7.21. The van der Waals surface area contributed by atoms with Crippen LogP contribution in [0.1, 0.15) is 23.2 Å². The van der Waals surface area contributed by atoms with E-state index in [1.807, 2.05) is 13.1 Å². The highest BCUT2D eigenvalue weighted by molar-refractivity contribution is 5.99. The van der Waals surface area contributed by atoms with Crippen LogP contribution in [0.15, 0.2) is 18.2 Å². The molecule has 1 heterocycles. The van der Waals surface area contributed by atoms with Gasteiger partial charge in [-0.2, -0.15) is 0 Å². The zero-order chi connectivity index (χ0) is 15.2. The molecule has 1 saturated heterocycles. The van der Waals surface area contributed by atoms with Crippen molar-refractivity contribution in [2.24, 2.45) is 5.92 Å². The summed E-state index contributed by atoms with van der Waals surface area (Å²) in [5.41, 5.74) is 0.483. The number of nitrogens with zero attached hydrogens (tertiary/aromatic N) is 1. The summed E-state index contributed by atoms with van der Waals surface area (Å²) in [5, 5.41) is 0. The van der Waals surface area contributed by atoms with Crippen LogP contribution in [0.5, 0.6) is 11.5 Å². The number of ether oxygens (including phenoxy) is 3. The summed E-state index contributed by atoms with van der Waals surface area (Å²) < 4.78 is 16.0. The summed E-state index contributed by atoms with van der Waals surface area (Å²) in [5.74, 6) is 1.50. The van der Waals surface area contributed by atoms with Crippen molar-refractivity contribution in [2.75, 3.05) is 41.0 Å². The third kappa shape index (κ3) is 3.67. The Hall–Kier alpha value is -1.75. The first kappa shape index (κ1) is 15.6. The topological polar surface area (TPSA) is 48.0 Å². The molecule has 0 aliphatic carbocycles. The minimum Gasteiger partial charge on any atom is -0.496 e. The smallest absolute Gasteiger partial charge is 0.261 e. The van der Waals surface area contributed by atoms with Gasteiger partial charge in [-0.1, -0.05) is 6.07 Å². The van der Waals surface area contributed by atoms with Crippen LogP contribution in [-0.4, -0.2) is 51.8 Å². The Morgan fingerprint density at radius 1 is 1.24 bits per heavy atom. The van der Waals surface area contributed by atoms with Crippen molar-refractivity contribution in [3.05, 3.63) is 23.8 Å². The standard InChI is InChI=1S/C16H23NO4/c1-17(11-12-7-9-21-10-8-12)16(18)15-13(19-2)5-4-6-14(15)20-3/h4-6,12H,7-11H2,1-3H3. The molecule has 0 radical (unpaired) electrons. The molecule has 0 N–H and O–H groups in total. The second kappa shape index (κ2) is 7.31. The maximum absolute atomic E-state index is 12.7. The van der Waals surface area contributed by atoms with Crippen molar-refractivity contribution in [2.45, 2.75) is 12.8 Å². The van der Waals surface area contributed by atoms with E-state index >= 15 is 0 Å². The Morgan fingerprint density at radius 3 is 2.33 bits per heavy atom. The molecule has 1 aliphatic heterocycles. The molecule has 0 saturated carbocycles. The number of hydrogen-bond donors (Lipinski definition) is 0. The molecule has 1 amide bonds. The van der Waals surface area contributed by atoms with Gasteiger partial charge in [0.1, 0.15) is 17.1 Å². The van der Waals surface area contributed by atoms with E-state index < -0.39 is 0 Å². The van der Waals surface area contributed by atoms with Crippen LogP contribution in [0.2, 0.25) is 0 Å². The molecular weight excluding hydrogens is 270 g/mol. The van der Waals surface area contributed by atoms with E-state index in [1.165, 1.54) is 0 Å². The summed E-state index contributed by atoms with van der Waals surface area (Å²) in [7, 11) is 4.94. The lowest BCUT2D eigenvalue weighted by Crippen LogP contribution is -2.34. The summed E-state index contributed by atoms with van der Waals surface area (Å²) in [6, 6.07) is 5.36. The van der Waals surface area contributed by atoms with Crippen LogP contribution < -0.4 is 9.47 Å². The van der Waals surface area contributed by atoms with E-state index in [-0.39, 0.29) is 5.91 Å². The zero-order valence-corrected chi connectivity index (χ0v) is 12.9. The van der Waals surface area contributed by atoms with Gasteiger partial charge in [-0.3, -0.25) is 4.79 Å². The van der Waals surface area contributed by atoms with Crippen molar-refractivity contribution in [1.82, 2.24) is 4.90 Å². The molecule has 1 aromatic rings. The molecule has 0 bridgehead atoms. The monoisotopic (exact) mass is 293 g/mol. The van der Waals surface area contributed by atoms with Gasteiger partial charge in [-0.25, -0.2) is 0 Å². The first-order valence-electron chi connectivity index (χ1n) is 7.21. The summed E-state index contributed by atoms with van der Waals surface area (Å²) >= 11 is 0.